The number of aliphatic hydroxyl groups excluding tert-OH is 1. The first kappa shape index (κ1) is 25.4. The molecule has 1 fully saturated rings. The van der Waals surface area contributed by atoms with Crippen molar-refractivity contribution in [1.29, 1.82) is 0 Å². The number of hydrogen-bond acceptors (Lipinski definition) is 7. The average molecular weight is 451 g/mol. The summed E-state index contributed by atoms with van der Waals surface area (Å²) in [5.74, 6) is -0.326. The zero-order valence-electron chi connectivity index (χ0n) is 19.3. The Bertz CT molecular complexity index is 780. The Morgan fingerprint density at radius 2 is 1.88 bits per heavy atom. The van der Waals surface area contributed by atoms with Crippen molar-refractivity contribution >= 4 is 18.1 Å². The third-order valence-electron chi connectivity index (χ3n) is 4.70. The van der Waals surface area contributed by atoms with Crippen molar-refractivity contribution in [2.24, 2.45) is 5.92 Å². The van der Waals surface area contributed by atoms with E-state index in [9.17, 15) is 19.5 Å². The highest BCUT2D eigenvalue weighted by atomic mass is 16.6. The molecule has 0 aliphatic carbocycles. The number of β-amino-alcohol motifs (C(OH)–C–C–N with tert-alkyl or cyclic N) is 1. The van der Waals surface area contributed by atoms with Crippen LogP contribution in [0.3, 0.4) is 0 Å². The topological polar surface area (TPSA) is 130 Å². The number of nitrogens with zero attached hydrogens (tertiary/aromatic N) is 2. The van der Waals surface area contributed by atoms with E-state index >= 15 is 0 Å². The summed E-state index contributed by atoms with van der Waals surface area (Å²) in [7, 11) is 0. The van der Waals surface area contributed by atoms with Gasteiger partial charge in [-0.1, -0.05) is 13.8 Å². The smallest absolute Gasteiger partial charge is 0.410 e. The van der Waals surface area contributed by atoms with E-state index in [1.54, 1.807) is 45.3 Å². The molecule has 0 bridgehead atoms. The van der Waals surface area contributed by atoms with Crippen LogP contribution in [-0.2, 0) is 20.9 Å². The van der Waals surface area contributed by atoms with Crippen molar-refractivity contribution in [3.63, 3.8) is 0 Å². The van der Waals surface area contributed by atoms with Gasteiger partial charge in [-0.15, -0.1) is 0 Å². The summed E-state index contributed by atoms with van der Waals surface area (Å²) in [4.78, 5) is 42.6. The molecule has 0 radical (unpaired) electrons. The summed E-state index contributed by atoms with van der Waals surface area (Å²) in [6.07, 6.45) is 1.37. The van der Waals surface area contributed by atoms with Crippen LogP contribution in [0.5, 0.6) is 0 Å². The van der Waals surface area contributed by atoms with Gasteiger partial charge in [0, 0.05) is 18.9 Å². The number of hydrogen-bond donors (Lipinski definition) is 3. The SMILES string of the molecule is CC(C)C[C@H](NC(=O)OCc1ccncc1)C(=O)NC1CN(C(=O)OC(C)(C)C)CC1O. The number of aliphatic hydroxyl groups is 1. The highest BCUT2D eigenvalue weighted by Crippen LogP contribution is 2.16. The van der Waals surface area contributed by atoms with Gasteiger partial charge >= 0.3 is 12.2 Å². The van der Waals surface area contributed by atoms with Crippen LogP contribution in [0.25, 0.3) is 0 Å². The molecule has 0 spiro atoms. The molecule has 178 valence electrons. The molecular weight excluding hydrogens is 416 g/mol. The first-order valence-corrected chi connectivity index (χ1v) is 10.7. The third kappa shape index (κ3) is 8.33. The van der Waals surface area contributed by atoms with Crippen LogP contribution in [0, 0.1) is 5.92 Å². The van der Waals surface area contributed by atoms with Crippen molar-refractivity contribution in [3.8, 4) is 0 Å². The Hall–Kier alpha value is -2.88. The number of nitrogens with one attached hydrogen (secondary N) is 2. The molecule has 3 N–H and O–H groups in total. The fourth-order valence-electron chi connectivity index (χ4n) is 3.20. The summed E-state index contributed by atoms with van der Waals surface area (Å²) in [5.41, 5.74) is 0.114. The van der Waals surface area contributed by atoms with Crippen LogP contribution in [0.15, 0.2) is 24.5 Å². The maximum Gasteiger partial charge on any atom is 0.410 e. The maximum atomic E-state index is 12.9. The zero-order chi connectivity index (χ0) is 23.9. The van der Waals surface area contributed by atoms with E-state index in [4.69, 9.17) is 9.47 Å². The van der Waals surface area contributed by atoms with E-state index in [0.29, 0.717) is 6.42 Å². The number of ether oxygens (including phenoxy) is 2. The predicted octanol–water partition coefficient (Wildman–Crippen LogP) is 1.82. The average Bonchev–Trinajstić information content (AvgIpc) is 3.05. The Labute approximate surface area is 188 Å². The van der Waals surface area contributed by atoms with E-state index in [0.717, 1.165) is 5.56 Å². The fourth-order valence-corrected chi connectivity index (χ4v) is 3.20. The van der Waals surface area contributed by atoms with Gasteiger partial charge in [0.25, 0.3) is 0 Å². The lowest BCUT2D eigenvalue weighted by Crippen LogP contribution is -2.53. The van der Waals surface area contributed by atoms with Gasteiger partial charge in [0.2, 0.25) is 5.91 Å². The molecular formula is C22H34N4O6. The maximum absolute atomic E-state index is 12.9. The predicted molar refractivity (Wildman–Crippen MR) is 117 cm³/mol. The summed E-state index contributed by atoms with van der Waals surface area (Å²) in [5, 5.41) is 15.7. The molecule has 0 aromatic carbocycles. The molecule has 32 heavy (non-hydrogen) atoms. The molecule has 3 atom stereocenters. The van der Waals surface area contributed by atoms with E-state index in [1.165, 1.54) is 4.90 Å². The van der Waals surface area contributed by atoms with Crippen LogP contribution in [0.1, 0.15) is 46.6 Å². The lowest BCUT2D eigenvalue weighted by atomic mass is 10.0. The quantitative estimate of drug-likeness (QED) is 0.578. The molecule has 3 amide bonds. The Kier molecular flexibility index (Phi) is 8.82. The summed E-state index contributed by atoms with van der Waals surface area (Å²) in [6.45, 7) is 9.35. The van der Waals surface area contributed by atoms with E-state index < -0.39 is 41.9 Å². The number of carbonyl (C=O) groups is 3. The highest BCUT2D eigenvalue weighted by molar-refractivity contribution is 5.86. The molecule has 2 heterocycles. The van der Waals surface area contributed by atoms with E-state index in [2.05, 4.69) is 15.6 Å². The molecule has 1 aliphatic rings. The first-order valence-electron chi connectivity index (χ1n) is 10.7. The molecule has 2 rings (SSSR count). The minimum Gasteiger partial charge on any atom is -0.445 e. The van der Waals surface area contributed by atoms with Crippen LogP contribution >= 0.6 is 0 Å². The zero-order valence-corrected chi connectivity index (χ0v) is 19.3. The van der Waals surface area contributed by atoms with E-state index in [1.807, 2.05) is 13.8 Å². The number of aromatic nitrogens is 1. The van der Waals surface area contributed by atoms with Gasteiger partial charge in [-0.25, -0.2) is 9.59 Å². The minimum absolute atomic E-state index is 0.0517. The van der Waals surface area contributed by atoms with Crippen LogP contribution in [0.4, 0.5) is 9.59 Å². The van der Waals surface area contributed by atoms with Crippen molar-refractivity contribution in [2.45, 2.75) is 71.4 Å². The summed E-state index contributed by atoms with van der Waals surface area (Å²) < 4.78 is 10.5. The second kappa shape index (κ2) is 11.1. The van der Waals surface area contributed by atoms with Crippen molar-refractivity contribution < 1.29 is 29.0 Å². The number of alkyl carbamates (subject to hydrolysis) is 1. The molecule has 10 heteroatoms. The Morgan fingerprint density at radius 1 is 1.22 bits per heavy atom. The first-order chi connectivity index (χ1) is 14.9. The lowest BCUT2D eigenvalue weighted by Gasteiger charge is -2.25. The highest BCUT2D eigenvalue weighted by Gasteiger charge is 2.38. The van der Waals surface area contributed by atoms with Gasteiger partial charge < -0.3 is 30.1 Å². The van der Waals surface area contributed by atoms with Crippen molar-refractivity contribution in [1.82, 2.24) is 20.5 Å². The van der Waals surface area contributed by atoms with Crippen LogP contribution in [-0.4, -0.2) is 70.0 Å². The lowest BCUT2D eigenvalue weighted by molar-refractivity contribution is -0.124. The van der Waals surface area contributed by atoms with Gasteiger partial charge in [-0.2, -0.15) is 0 Å². The number of amides is 3. The number of carbonyl (C=O) groups excluding carboxylic acids is 3. The van der Waals surface area contributed by atoms with Gasteiger partial charge in [0.05, 0.1) is 18.7 Å². The Balaban J connectivity index is 1.92. The molecule has 1 aliphatic heterocycles. The monoisotopic (exact) mass is 450 g/mol. The van der Waals surface area contributed by atoms with Gasteiger partial charge in [0.1, 0.15) is 18.2 Å². The van der Waals surface area contributed by atoms with Gasteiger partial charge in [0.15, 0.2) is 0 Å². The normalized spacial score (nSPS) is 19.4. The molecule has 1 aromatic heterocycles. The summed E-state index contributed by atoms with van der Waals surface area (Å²) in [6, 6.07) is 1.94. The van der Waals surface area contributed by atoms with Gasteiger partial charge in [-0.05, 0) is 50.8 Å². The largest absolute Gasteiger partial charge is 0.445 e. The molecule has 1 aromatic rings. The molecule has 2 unspecified atom stereocenters. The van der Waals surface area contributed by atoms with E-state index in [-0.39, 0.29) is 25.6 Å². The summed E-state index contributed by atoms with van der Waals surface area (Å²) >= 11 is 0. The third-order valence-corrected chi connectivity index (χ3v) is 4.70. The minimum atomic E-state index is -0.940. The van der Waals surface area contributed by atoms with Crippen LogP contribution in [0.2, 0.25) is 0 Å². The number of likely N-dealkylation sites (tertiary alicyclic amines) is 1. The molecule has 0 saturated carbocycles. The number of rotatable bonds is 7. The number of pyridine rings is 1. The second-order valence-corrected chi connectivity index (χ2v) is 9.33. The molecule has 1 saturated heterocycles. The van der Waals surface area contributed by atoms with Crippen molar-refractivity contribution in [3.05, 3.63) is 30.1 Å². The second-order valence-electron chi connectivity index (χ2n) is 9.33. The molecule has 10 nitrogen and oxygen atoms in total. The van der Waals surface area contributed by atoms with Gasteiger partial charge in [-0.3, -0.25) is 9.78 Å². The van der Waals surface area contributed by atoms with Crippen molar-refractivity contribution in [2.75, 3.05) is 13.1 Å². The standard InChI is InChI=1S/C22H34N4O6/c1-14(2)10-16(25-20(29)31-13-15-6-8-23-9-7-15)19(28)24-17-11-26(12-18(17)27)21(30)32-22(3,4)5/h6-9,14,16-18,27H,10-13H2,1-5H3,(H,24,28)(H,25,29)/t16-,17?,18?/m0/s1. The van der Waals surface area contributed by atoms with Crippen LogP contribution < -0.4 is 10.6 Å². The fraction of sp³-hybridized carbons (Fsp3) is 0.636. The Morgan fingerprint density at radius 3 is 2.47 bits per heavy atom.